The third-order valence-corrected chi connectivity index (χ3v) is 5.94. The molecule has 0 N–H and O–H groups in total. The maximum Gasteiger partial charge on any atom is 0.253 e. The Morgan fingerprint density at radius 3 is 2.89 bits per heavy atom. The largest absolute Gasteiger partial charge is 0.336 e. The van der Waals surface area contributed by atoms with Crippen molar-refractivity contribution in [2.24, 2.45) is 0 Å². The van der Waals surface area contributed by atoms with E-state index in [2.05, 4.69) is 22.0 Å². The molecule has 2 aliphatic rings. The van der Waals surface area contributed by atoms with Crippen LogP contribution in [-0.2, 0) is 0 Å². The van der Waals surface area contributed by atoms with E-state index in [0.717, 1.165) is 47.2 Å². The van der Waals surface area contributed by atoms with E-state index in [9.17, 15) is 4.79 Å². The van der Waals surface area contributed by atoms with Crippen LogP contribution in [-0.4, -0.2) is 52.9 Å². The van der Waals surface area contributed by atoms with Gasteiger partial charge in [0.1, 0.15) is 0 Å². The summed E-state index contributed by atoms with van der Waals surface area (Å²) in [7, 11) is 0. The fraction of sp³-hybridized carbons (Fsp3) is 0.304. The smallest absolute Gasteiger partial charge is 0.253 e. The highest BCUT2D eigenvalue weighted by Gasteiger charge is 2.32. The Morgan fingerprint density at radius 2 is 1.93 bits per heavy atom. The first-order chi connectivity index (χ1) is 13.3. The summed E-state index contributed by atoms with van der Waals surface area (Å²) in [5, 5.41) is 1.11. The molecule has 4 heteroatoms. The molecule has 3 heterocycles. The monoisotopic (exact) mass is 357 g/mol. The van der Waals surface area contributed by atoms with Crippen LogP contribution >= 0.6 is 0 Å². The van der Waals surface area contributed by atoms with E-state index < -0.39 is 0 Å². The molecule has 0 radical (unpaired) electrons. The lowest BCUT2D eigenvalue weighted by molar-refractivity contribution is 0.0571. The van der Waals surface area contributed by atoms with Crippen LogP contribution in [0.25, 0.3) is 22.0 Å². The first-order valence-corrected chi connectivity index (χ1v) is 9.77. The van der Waals surface area contributed by atoms with Gasteiger partial charge in [-0.2, -0.15) is 0 Å². The van der Waals surface area contributed by atoms with Crippen molar-refractivity contribution in [1.29, 1.82) is 0 Å². The van der Waals surface area contributed by atoms with E-state index >= 15 is 0 Å². The molecule has 0 bridgehead atoms. The topological polar surface area (TPSA) is 36.4 Å². The van der Waals surface area contributed by atoms with Gasteiger partial charge in [-0.05, 0) is 54.8 Å². The van der Waals surface area contributed by atoms with E-state index in [4.69, 9.17) is 0 Å². The van der Waals surface area contributed by atoms with Crippen LogP contribution in [0.2, 0.25) is 0 Å². The van der Waals surface area contributed by atoms with Gasteiger partial charge in [0, 0.05) is 42.8 Å². The van der Waals surface area contributed by atoms with Crippen LogP contribution in [0.3, 0.4) is 0 Å². The first kappa shape index (κ1) is 16.5. The lowest BCUT2D eigenvalue weighted by Crippen LogP contribution is -2.52. The SMILES string of the molecule is O=C(c1cccc(-c2ccnc3ccccc23)c1)N1CCN2CCCC2C1. The van der Waals surface area contributed by atoms with Crippen molar-refractivity contribution < 1.29 is 4.79 Å². The van der Waals surface area contributed by atoms with Crippen LogP contribution in [0.15, 0.2) is 60.8 Å². The van der Waals surface area contributed by atoms with Crippen LogP contribution in [0.1, 0.15) is 23.2 Å². The normalized spacial score (nSPS) is 20.0. The molecule has 136 valence electrons. The molecule has 3 aromatic rings. The van der Waals surface area contributed by atoms with Crippen LogP contribution in [0, 0.1) is 0 Å². The van der Waals surface area contributed by atoms with Crippen molar-refractivity contribution in [2.45, 2.75) is 18.9 Å². The zero-order valence-electron chi connectivity index (χ0n) is 15.3. The molecule has 0 saturated carbocycles. The quantitative estimate of drug-likeness (QED) is 0.699. The van der Waals surface area contributed by atoms with Crippen LogP contribution in [0.5, 0.6) is 0 Å². The summed E-state index contributed by atoms with van der Waals surface area (Å²) in [6.07, 6.45) is 4.32. The van der Waals surface area contributed by atoms with Crippen molar-refractivity contribution in [3.8, 4) is 11.1 Å². The Kier molecular flexibility index (Phi) is 4.13. The average Bonchev–Trinajstić information content (AvgIpc) is 3.21. The van der Waals surface area contributed by atoms with Gasteiger partial charge in [-0.3, -0.25) is 14.7 Å². The van der Waals surface area contributed by atoms with E-state index in [1.165, 1.54) is 19.4 Å². The van der Waals surface area contributed by atoms with Gasteiger partial charge in [-0.1, -0.05) is 30.3 Å². The zero-order valence-corrected chi connectivity index (χ0v) is 15.3. The van der Waals surface area contributed by atoms with Crippen molar-refractivity contribution >= 4 is 16.8 Å². The Balaban J connectivity index is 1.46. The molecule has 1 aromatic heterocycles. The highest BCUT2D eigenvalue weighted by atomic mass is 16.2. The maximum atomic E-state index is 13.1. The van der Waals surface area contributed by atoms with Gasteiger partial charge >= 0.3 is 0 Å². The summed E-state index contributed by atoms with van der Waals surface area (Å²) >= 11 is 0. The van der Waals surface area contributed by atoms with Gasteiger partial charge in [0.15, 0.2) is 0 Å². The number of hydrogen-bond donors (Lipinski definition) is 0. The number of aromatic nitrogens is 1. The number of piperazine rings is 1. The second-order valence-electron chi connectivity index (χ2n) is 7.54. The fourth-order valence-electron chi connectivity index (χ4n) is 4.53. The number of carbonyl (C=O) groups is 1. The lowest BCUT2D eigenvalue weighted by Gasteiger charge is -2.37. The minimum atomic E-state index is 0.154. The van der Waals surface area contributed by atoms with Crippen molar-refractivity contribution in [3.05, 3.63) is 66.4 Å². The number of rotatable bonds is 2. The molecule has 0 spiro atoms. The average molecular weight is 357 g/mol. The van der Waals surface area contributed by atoms with Crippen molar-refractivity contribution in [3.63, 3.8) is 0 Å². The molecule has 1 amide bonds. The third kappa shape index (κ3) is 3.00. The lowest BCUT2D eigenvalue weighted by atomic mass is 9.99. The number of pyridine rings is 1. The van der Waals surface area contributed by atoms with E-state index in [1.807, 2.05) is 53.6 Å². The molecule has 1 atom stereocenters. The minimum absolute atomic E-state index is 0.154. The molecular weight excluding hydrogens is 334 g/mol. The summed E-state index contributed by atoms with van der Waals surface area (Å²) in [5.74, 6) is 0.154. The number of benzene rings is 2. The summed E-state index contributed by atoms with van der Waals surface area (Å²) < 4.78 is 0. The third-order valence-electron chi connectivity index (χ3n) is 5.94. The number of nitrogens with zero attached hydrogens (tertiary/aromatic N) is 3. The summed E-state index contributed by atoms with van der Waals surface area (Å²) in [6, 6.07) is 18.8. The Labute approximate surface area is 159 Å². The molecule has 1 unspecified atom stereocenters. The van der Waals surface area contributed by atoms with Crippen LogP contribution in [0.4, 0.5) is 0 Å². The second-order valence-corrected chi connectivity index (χ2v) is 7.54. The fourth-order valence-corrected chi connectivity index (χ4v) is 4.53. The standard InChI is InChI=1S/C23H23N3O/c27-23(26-14-13-25-12-4-7-19(25)16-26)18-6-3-5-17(15-18)20-10-11-24-22-9-2-1-8-21(20)22/h1-3,5-6,8-11,15,19H,4,7,12-14,16H2. The predicted molar refractivity (Wildman–Crippen MR) is 108 cm³/mol. The Morgan fingerprint density at radius 1 is 1.00 bits per heavy atom. The Bertz CT molecular complexity index is 994. The van der Waals surface area contributed by atoms with Gasteiger partial charge in [0.25, 0.3) is 5.91 Å². The number of fused-ring (bicyclic) bond motifs is 2. The van der Waals surface area contributed by atoms with E-state index in [1.54, 1.807) is 0 Å². The summed E-state index contributed by atoms with van der Waals surface area (Å²) in [5.41, 5.74) is 3.94. The number of amides is 1. The molecule has 2 fully saturated rings. The minimum Gasteiger partial charge on any atom is -0.336 e. The molecule has 2 aromatic carbocycles. The maximum absolute atomic E-state index is 13.1. The molecule has 5 rings (SSSR count). The van der Waals surface area contributed by atoms with Gasteiger partial charge in [0.05, 0.1) is 5.52 Å². The number of hydrogen-bond acceptors (Lipinski definition) is 3. The van der Waals surface area contributed by atoms with Gasteiger partial charge in [-0.25, -0.2) is 0 Å². The number of carbonyl (C=O) groups excluding carboxylic acids is 1. The highest BCUT2D eigenvalue weighted by Crippen LogP contribution is 2.29. The van der Waals surface area contributed by atoms with Crippen LogP contribution < -0.4 is 0 Å². The molecule has 4 nitrogen and oxygen atoms in total. The first-order valence-electron chi connectivity index (χ1n) is 9.77. The molecular formula is C23H23N3O. The summed E-state index contributed by atoms with van der Waals surface area (Å²) in [4.78, 5) is 22.1. The van der Waals surface area contributed by atoms with E-state index in [-0.39, 0.29) is 5.91 Å². The van der Waals surface area contributed by atoms with Crippen molar-refractivity contribution in [2.75, 3.05) is 26.2 Å². The molecule has 2 saturated heterocycles. The second kappa shape index (κ2) is 6.78. The predicted octanol–water partition coefficient (Wildman–Crippen LogP) is 3.82. The molecule has 2 aliphatic heterocycles. The highest BCUT2D eigenvalue weighted by molar-refractivity contribution is 5.98. The molecule has 27 heavy (non-hydrogen) atoms. The van der Waals surface area contributed by atoms with Gasteiger partial charge in [0.2, 0.25) is 0 Å². The van der Waals surface area contributed by atoms with Gasteiger partial charge in [-0.15, -0.1) is 0 Å². The van der Waals surface area contributed by atoms with Crippen molar-refractivity contribution in [1.82, 2.24) is 14.8 Å². The van der Waals surface area contributed by atoms with E-state index in [0.29, 0.717) is 6.04 Å². The zero-order chi connectivity index (χ0) is 18.2. The molecule has 0 aliphatic carbocycles. The summed E-state index contributed by atoms with van der Waals surface area (Å²) in [6.45, 7) is 3.89. The number of para-hydroxylation sites is 1. The Hall–Kier alpha value is -2.72. The van der Waals surface area contributed by atoms with Gasteiger partial charge < -0.3 is 4.90 Å².